The minimum atomic E-state index is -2.08. The molecule has 8 heteroatoms. The molecule has 3 heterocycles. The van der Waals surface area contributed by atoms with Crippen molar-refractivity contribution in [1.82, 2.24) is 14.0 Å². The van der Waals surface area contributed by atoms with Gasteiger partial charge in [0, 0.05) is 39.3 Å². The molecule has 5 rings (SSSR count). The molecule has 2 unspecified atom stereocenters. The molecule has 0 bridgehead atoms. The van der Waals surface area contributed by atoms with E-state index in [4.69, 9.17) is 4.74 Å². The van der Waals surface area contributed by atoms with Crippen LogP contribution in [-0.2, 0) is 4.74 Å². The summed E-state index contributed by atoms with van der Waals surface area (Å²) < 4.78 is 26.9. The van der Waals surface area contributed by atoms with E-state index in [0.717, 1.165) is 48.0 Å². The average molecular weight is 627 g/mol. The molecule has 214 valence electrons. The predicted molar refractivity (Wildman–Crippen MR) is 167 cm³/mol. The highest BCUT2D eigenvalue weighted by molar-refractivity contribution is 9.10. The van der Waals surface area contributed by atoms with Crippen LogP contribution in [0.15, 0.2) is 59.3 Å². The van der Waals surface area contributed by atoms with Gasteiger partial charge in [-0.05, 0) is 87.8 Å². The summed E-state index contributed by atoms with van der Waals surface area (Å²) in [5.41, 5.74) is 5.05. The van der Waals surface area contributed by atoms with Crippen LogP contribution < -0.4 is 0 Å². The van der Waals surface area contributed by atoms with Gasteiger partial charge in [0.05, 0.1) is 5.69 Å². The molecular formula is C32H41BrFN3O2Si. The van der Waals surface area contributed by atoms with Gasteiger partial charge < -0.3 is 14.1 Å². The molecule has 0 radical (unpaired) electrons. The summed E-state index contributed by atoms with van der Waals surface area (Å²) in [6.45, 7) is 14.6. The van der Waals surface area contributed by atoms with Crippen molar-refractivity contribution < 1.29 is 14.2 Å². The number of fused-ring (bicyclic) bond motifs is 1. The molecule has 1 aliphatic heterocycles. The SMILES string of the molecule is CC(C)[Si](C(C)C)(C(C)C)n1ccc2c(Br)c(C(O)c3cccc(-c4ccnn4C4CCCCO4)c3)c(F)cc21. The number of aliphatic hydroxyl groups excluding tert-OH is 1. The maximum absolute atomic E-state index is 16.0. The number of hydrogen-bond acceptors (Lipinski definition) is 3. The fourth-order valence-corrected chi connectivity index (χ4v) is 14.7. The van der Waals surface area contributed by atoms with Crippen LogP contribution >= 0.6 is 15.9 Å². The standard InChI is InChI=1S/C32H41BrFN3O2Si/c1-20(2)40(21(3)4,22(5)6)36-16-14-25-28(36)19-26(34)30(31(25)33)32(38)24-11-9-10-23(18-24)27-13-15-35-37(27)29-12-7-8-17-39-29/h9-11,13-16,18-22,29,32,38H,7-8,12,17H2,1-6H3. The van der Waals surface area contributed by atoms with Crippen LogP contribution in [0.3, 0.4) is 0 Å². The zero-order valence-electron chi connectivity index (χ0n) is 24.4. The van der Waals surface area contributed by atoms with Crippen LogP contribution in [0.5, 0.6) is 0 Å². The van der Waals surface area contributed by atoms with Crippen molar-refractivity contribution in [3.05, 3.63) is 76.3 Å². The number of aliphatic hydroxyl groups is 1. The Balaban J connectivity index is 1.56. The smallest absolute Gasteiger partial charge is 0.169 e. The van der Waals surface area contributed by atoms with Crippen LogP contribution in [0.4, 0.5) is 4.39 Å². The van der Waals surface area contributed by atoms with Crippen LogP contribution in [0, 0.1) is 5.82 Å². The third kappa shape index (κ3) is 4.80. The number of hydrogen-bond donors (Lipinski definition) is 1. The van der Waals surface area contributed by atoms with E-state index in [-0.39, 0.29) is 11.8 Å². The van der Waals surface area contributed by atoms with Crippen molar-refractivity contribution in [2.24, 2.45) is 0 Å². The number of aromatic nitrogens is 3. The average Bonchev–Trinajstić information content (AvgIpc) is 3.57. The van der Waals surface area contributed by atoms with E-state index in [0.29, 0.717) is 26.7 Å². The molecule has 0 aliphatic carbocycles. The molecular weight excluding hydrogens is 585 g/mol. The van der Waals surface area contributed by atoms with E-state index < -0.39 is 20.2 Å². The lowest BCUT2D eigenvalue weighted by molar-refractivity contribution is -0.0383. The largest absolute Gasteiger partial charge is 0.384 e. The molecule has 1 fully saturated rings. The van der Waals surface area contributed by atoms with Crippen molar-refractivity contribution in [2.45, 2.75) is 89.8 Å². The summed E-state index contributed by atoms with van der Waals surface area (Å²) in [7, 11) is -2.08. The summed E-state index contributed by atoms with van der Waals surface area (Å²) in [4.78, 5) is 0. The van der Waals surface area contributed by atoms with Crippen molar-refractivity contribution in [2.75, 3.05) is 6.61 Å². The highest BCUT2D eigenvalue weighted by atomic mass is 79.9. The second-order valence-corrected chi connectivity index (χ2v) is 18.6. The van der Waals surface area contributed by atoms with Crippen LogP contribution in [0.1, 0.15) is 84.3 Å². The molecule has 1 aliphatic rings. The van der Waals surface area contributed by atoms with Gasteiger partial charge in [-0.1, -0.05) is 59.7 Å². The highest BCUT2D eigenvalue weighted by Gasteiger charge is 2.46. The summed E-state index contributed by atoms with van der Waals surface area (Å²) in [6, 6.07) is 13.3. The van der Waals surface area contributed by atoms with Gasteiger partial charge in [-0.3, -0.25) is 0 Å². The fraction of sp³-hybridized carbons (Fsp3) is 0.469. The molecule has 2 atom stereocenters. The van der Waals surface area contributed by atoms with Crippen LogP contribution in [-0.4, -0.2) is 34.0 Å². The number of halogens is 2. The first-order valence-electron chi connectivity index (χ1n) is 14.5. The third-order valence-corrected chi connectivity index (χ3v) is 16.6. The van der Waals surface area contributed by atoms with E-state index in [2.05, 4.69) is 79.1 Å². The number of nitrogens with zero attached hydrogens (tertiary/aromatic N) is 3. The first kappa shape index (κ1) is 29.2. The van der Waals surface area contributed by atoms with E-state index in [1.54, 1.807) is 12.3 Å². The summed E-state index contributed by atoms with van der Waals surface area (Å²) in [5, 5.41) is 17.0. The zero-order chi connectivity index (χ0) is 28.8. The summed E-state index contributed by atoms with van der Waals surface area (Å²) >= 11 is 3.71. The second-order valence-electron chi connectivity index (χ2n) is 12.1. The van der Waals surface area contributed by atoms with Gasteiger partial charge in [0.2, 0.25) is 0 Å². The van der Waals surface area contributed by atoms with E-state index in [9.17, 15) is 5.11 Å². The van der Waals surface area contributed by atoms with Crippen LogP contribution in [0.25, 0.3) is 22.2 Å². The van der Waals surface area contributed by atoms with Crippen molar-refractivity contribution in [1.29, 1.82) is 0 Å². The van der Waals surface area contributed by atoms with Gasteiger partial charge in [-0.2, -0.15) is 5.10 Å². The van der Waals surface area contributed by atoms with Gasteiger partial charge in [0.1, 0.15) is 11.9 Å². The van der Waals surface area contributed by atoms with Gasteiger partial charge in [0.15, 0.2) is 14.5 Å². The fourth-order valence-electron chi connectivity index (χ4n) is 7.37. The van der Waals surface area contributed by atoms with Gasteiger partial charge in [-0.15, -0.1) is 0 Å². The van der Waals surface area contributed by atoms with Crippen LogP contribution in [0.2, 0.25) is 16.6 Å². The maximum Gasteiger partial charge on any atom is 0.169 e. The lowest BCUT2D eigenvalue weighted by Gasteiger charge is -2.44. The minimum absolute atomic E-state index is 0.0939. The van der Waals surface area contributed by atoms with Crippen molar-refractivity contribution >= 4 is 35.1 Å². The maximum atomic E-state index is 16.0. The first-order valence-corrected chi connectivity index (χ1v) is 17.5. The molecule has 0 spiro atoms. The molecule has 40 heavy (non-hydrogen) atoms. The minimum Gasteiger partial charge on any atom is -0.384 e. The molecule has 5 nitrogen and oxygen atoms in total. The molecule has 0 saturated carbocycles. The Morgan fingerprint density at radius 3 is 2.40 bits per heavy atom. The van der Waals surface area contributed by atoms with E-state index in [1.807, 2.05) is 35.0 Å². The van der Waals surface area contributed by atoms with Gasteiger partial charge in [-0.25, -0.2) is 9.07 Å². The lowest BCUT2D eigenvalue weighted by atomic mass is 9.97. The molecule has 4 aromatic rings. The number of rotatable bonds is 8. The molecule has 2 aromatic heterocycles. The Bertz CT molecular complexity index is 1470. The monoisotopic (exact) mass is 625 g/mol. The second kappa shape index (κ2) is 11.5. The Morgan fingerprint density at radius 2 is 1.75 bits per heavy atom. The molecule has 1 saturated heterocycles. The Kier molecular flexibility index (Phi) is 8.44. The quantitative estimate of drug-likeness (QED) is 0.199. The summed E-state index contributed by atoms with van der Waals surface area (Å²) in [5.74, 6) is -0.406. The normalized spacial score (nSPS) is 17.4. The topological polar surface area (TPSA) is 52.2 Å². The predicted octanol–water partition coefficient (Wildman–Crippen LogP) is 9.21. The van der Waals surface area contributed by atoms with E-state index in [1.165, 1.54) is 0 Å². The Hall–Kier alpha value is -2.26. The zero-order valence-corrected chi connectivity index (χ0v) is 27.0. The number of ether oxygens (including phenoxy) is 1. The highest BCUT2D eigenvalue weighted by Crippen LogP contribution is 2.46. The van der Waals surface area contributed by atoms with Crippen molar-refractivity contribution in [3.63, 3.8) is 0 Å². The Morgan fingerprint density at radius 1 is 1.02 bits per heavy atom. The third-order valence-electron chi connectivity index (χ3n) is 8.98. The summed E-state index contributed by atoms with van der Waals surface area (Å²) in [6.07, 6.45) is 5.79. The molecule has 0 amide bonds. The Labute approximate surface area is 246 Å². The lowest BCUT2D eigenvalue weighted by Crippen LogP contribution is -2.51. The molecule has 2 aromatic carbocycles. The number of benzene rings is 2. The van der Waals surface area contributed by atoms with Gasteiger partial charge >= 0.3 is 0 Å². The van der Waals surface area contributed by atoms with Crippen molar-refractivity contribution in [3.8, 4) is 11.3 Å². The van der Waals surface area contributed by atoms with E-state index >= 15 is 4.39 Å². The molecule has 1 N–H and O–H groups in total. The van der Waals surface area contributed by atoms with Gasteiger partial charge in [0.25, 0.3) is 0 Å². The first-order chi connectivity index (χ1) is 19.1.